The van der Waals surface area contributed by atoms with Crippen molar-refractivity contribution in [1.82, 2.24) is 0 Å². The van der Waals surface area contributed by atoms with Crippen LogP contribution in [0.25, 0.3) is 0 Å². The molecule has 0 aromatic heterocycles. The highest BCUT2D eigenvalue weighted by atomic mass is 16.6. The maximum absolute atomic E-state index is 10.1. The second-order valence-corrected chi connectivity index (χ2v) is 6.64. The summed E-state index contributed by atoms with van der Waals surface area (Å²) in [5, 5.41) is 10.1. The Labute approximate surface area is 138 Å². The average Bonchev–Trinajstić information content (AvgIpc) is 2.57. The van der Waals surface area contributed by atoms with Gasteiger partial charge in [-0.2, -0.15) is 0 Å². The Kier molecular flexibility index (Phi) is 6.46. The largest absolute Gasteiger partial charge is 0.393 e. The minimum atomic E-state index is -0.291. The van der Waals surface area contributed by atoms with Gasteiger partial charge in [0.1, 0.15) is 0 Å². The van der Waals surface area contributed by atoms with Gasteiger partial charge in [-0.05, 0) is 44.1 Å². The molecule has 2 fully saturated rings. The van der Waals surface area contributed by atoms with E-state index in [1.807, 2.05) is 18.2 Å². The lowest BCUT2D eigenvalue weighted by atomic mass is 9.94. The number of aliphatic hydroxyl groups excluding tert-OH is 1. The van der Waals surface area contributed by atoms with Gasteiger partial charge >= 0.3 is 0 Å². The van der Waals surface area contributed by atoms with Gasteiger partial charge in [-0.25, -0.2) is 0 Å². The van der Waals surface area contributed by atoms with Crippen molar-refractivity contribution in [3.63, 3.8) is 0 Å². The highest BCUT2D eigenvalue weighted by Crippen LogP contribution is 2.28. The zero-order valence-electron chi connectivity index (χ0n) is 13.7. The summed E-state index contributed by atoms with van der Waals surface area (Å²) in [4.78, 5) is 0. The van der Waals surface area contributed by atoms with Gasteiger partial charge < -0.3 is 19.3 Å². The Morgan fingerprint density at radius 2 is 1.96 bits per heavy atom. The topological polar surface area (TPSA) is 47.9 Å². The first-order valence-electron chi connectivity index (χ1n) is 8.88. The average molecular weight is 320 g/mol. The second kappa shape index (κ2) is 8.78. The third-order valence-electron chi connectivity index (χ3n) is 4.76. The zero-order chi connectivity index (χ0) is 15.9. The van der Waals surface area contributed by atoms with E-state index in [4.69, 9.17) is 14.2 Å². The summed E-state index contributed by atoms with van der Waals surface area (Å²) in [6.45, 7) is 2.11. The van der Waals surface area contributed by atoms with E-state index in [9.17, 15) is 5.11 Å². The molecule has 1 aromatic carbocycles. The number of rotatable bonds is 5. The van der Waals surface area contributed by atoms with Gasteiger partial charge in [0.2, 0.25) is 0 Å². The standard InChI is InChI=1S/C19H28O4/c20-16-8-9-18-19(7-4-11-22-18)23-17(13-16)10-12-21-14-15-5-2-1-3-6-15/h1-3,5-6,16-20H,4,7-14H2/t16-,17+,18+,19-/m1/s1. The van der Waals surface area contributed by atoms with Gasteiger partial charge in [0.25, 0.3) is 0 Å². The SMILES string of the molecule is O[C@@H]1CC[C@@H]2OCCC[C@H]2O[C@@H](CCOCc2ccccc2)C1. The van der Waals surface area contributed by atoms with Gasteiger partial charge in [-0.15, -0.1) is 0 Å². The third-order valence-corrected chi connectivity index (χ3v) is 4.76. The normalized spacial score (nSPS) is 31.9. The molecular weight excluding hydrogens is 292 g/mol. The van der Waals surface area contributed by atoms with Crippen LogP contribution in [0.15, 0.2) is 30.3 Å². The van der Waals surface area contributed by atoms with Crippen LogP contribution in [0, 0.1) is 0 Å². The van der Waals surface area contributed by atoms with Crippen LogP contribution in [-0.4, -0.2) is 42.7 Å². The number of benzene rings is 1. The van der Waals surface area contributed by atoms with Crippen molar-refractivity contribution >= 4 is 0 Å². The highest BCUT2D eigenvalue weighted by molar-refractivity contribution is 5.13. The number of aliphatic hydroxyl groups is 1. The Balaban J connectivity index is 1.45. The maximum atomic E-state index is 10.1. The Morgan fingerprint density at radius 3 is 2.83 bits per heavy atom. The summed E-state index contributed by atoms with van der Waals surface area (Å²) in [5.41, 5.74) is 1.19. The van der Waals surface area contributed by atoms with E-state index in [1.165, 1.54) is 5.56 Å². The Hall–Kier alpha value is -0.940. The fourth-order valence-corrected chi connectivity index (χ4v) is 3.48. The van der Waals surface area contributed by atoms with E-state index < -0.39 is 0 Å². The number of ether oxygens (including phenoxy) is 3. The van der Waals surface area contributed by atoms with Gasteiger partial charge in [0, 0.05) is 13.2 Å². The first kappa shape index (κ1) is 16.9. The van der Waals surface area contributed by atoms with Crippen LogP contribution in [0.4, 0.5) is 0 Å². The molecular formula is C19H28O4. The monoisotopic (exact) mass is 320 g/mol. The molecule has 4 nitrogen and oxygen atoms in total. The molecule has 23 heavy (non-hydrogen) atoms. The number of hydrogen-bond donors (Lipinski definition) is 1. The first-order valence-corrected chi connectivity index (χ1v) is 8.88. The molecule has 0 amide bonds. The fraction of sp³-hybridized carbons (Fsp3) is 0.684. The summed E-state index contributed by atoms with van der Waals surface area (Å²) in [6, 6.07) is 10.2. The van der Waals surface area contributed by atoms with E-state index in [-0.39, 0.29) is 24.4 Å². The van der Waals surface area contributed by atoms with Crippen LogP contribution in [-0.2, 0) is 20.8 Å². The van der Waals surface area contributed by atoms with E-state index in [0.29, 0.717) is 19.6 Å². The second-order valence-electron chi connectivity index (χ2n) is 6.64. The van der Waals surface area contributed by atoms with Crippen molar-refractivity contribution in [2.45, 2.75) is 69.5 Å². The summed E-state index contributed by atoms with van der Waals surface area (Å²) < 4.78 is 17.9. The molecule has 4 atom stereocenters. The zero-order valence-corrected chi connectivity index (χ0v) is 13.7. The molecule has 0 aliphatic carbocycles. The van der Waals surface area contributed by atoms with Crippen LogP contribution in [0.3, 0.4) is 0 Å². The molecule has 2 aliphatic rings. The predicted molar refractivity (Wildman–Crippen MR) is 88.2 cm³/mol. The predicted octanol–water partition coefficient (Wildman–Crippen LogP) is 3.07. The van der Waals surface area contributed by atoms with E-state index in [1.54, 1.807) is 0 Å². The van der Waals surface area contributed by atoms with Gasteiger partial charge in [0.15, 0.2) is 0 Å². The highest BCUT2D eigenvalue weighted by Gasteiger charge is 2.32. The van der Waals surface area contributed by atoms with Crippen molar-refractivity contribution in [2.75, 3.05) is 13.2 Å². The summed E-state index contributed by atoms with van der Waals surface area (Å²) >= 11 is 0. The molecule has 3 rings (SSSR count). The van der Waals surface area contributed by atoms with E-state index >= 15 is 0 Å². The van der Waals surface area contributed by atoms with Crippen molar-refractivity contribution in [1.29, 1.82) is 0 Å². The fourth-order valence-electron chi connectivity index (χ4n) is 3.48. The summed E-state index contributed by atoms with van der Waals surface area (Å²) in [7, 11) is 0. The van der Waals surface area contributed by atoms with Crippen molar-refractivity contribution < 1.29 is 19.3 Å². The molecule has 128 valence electrons. The molecule has 0 spiro atoms. The molecule has 0 bridgehead atoms. The Bertz CT molecular complexity index is 450. The van der Waals surface area contributed by atoms with Crippen molar-refractivity contribution in [2.24, 2.45) is 0 Å². The van der Waals surface area contributed by atoms with Gasteiger partial charge in [-0.3, -0.25) is 0 Å². The quantitative estimate of drug-likeness (QED) is 0.847. The molecule has 2 heterocycles. The molecule has 4 heteroatoms. The van der Waals surface area contributed by atoms with E-state index in [2.05, 4.69) is 12.1 Å². The molecule has 1 aromatic rings. The van der Waals surface area contributed by atoms with Crippen molar-refractivity contribution in [3.05, 3.63) is 35.9 Å². The van der Waals surface area contributed by atoms with E-state index in [0.717, 1.165) is 38.7 Å². The first-order chi connectivity index (χ1) is 11.3. The van der Waals surface area contributed by atoms with Crippen LogP contribution < -0.4 is 0 Å². The molecule has 0 radical (unpaired) electrons. The summed E-state index contributed by atoms with van der Waals surface area (Å²) in [5.74, 6) is 0. The molecule has 2 aliphatic heterocycles. The van der Waals surface area contributed by atoms with Crippen LogP contribution >= 0.6 is 0 Å². The lowest BCUT2D eigenvalue weighted by Gasteiger charge is -2.37. The molecule has 0 unspecified atom stereocenters. The minimum absolute atomic E-state index is 0.0651. The smallest absolute Gasteiger partial charge is 0.0841 e. The number of hydrogen-bond acceptors (Lipinski definition) is 4. The summed E-state index contributed by atoms with van der Waals surface area (Å²) in [6.07, 6.45) is 5.51. The third kappa shape index (κ3) is 5.28. The van der Waals surface area contributed by atoms with Crippen LogP contribution in [0.1, 0.15) is 44.1 Å². The maximum Gasteiger partial charge on any atom is 0.0841 e. The Morgan fingerprint density at radius 1 is 1.09 bits per heavy atom. The molecule has 1 N–H and O–H groups in total. The van der Waals surface area contributed by atoms with Crippen molar-refractivity contribution in [3.8, 4) is 0 Å². The van der Waals surface area contributed by atoms with Gasteiger partial charge in [0.05, 0.1) is 31.0 Å². The lowest BCUT2D eigenvalue weighted by Crippen LogP contribution is -2.42. The van der Waals surface area contributed by atoms with Crippen LogP contribution in [0.2, 0.25) is 0 Å². The molecule has 0 saturated carbocycles. The minimum Gasteiger partial charge on any atom is -0.393 e. The molecule has 2 saturated heterocycles. The van der Waals surface area contributed by atoms with Gasteiger partial charge in [-0.1, -0.05) is 30.3 Å². The number of fused-ring (bicyclic) bond motifs is 1. The lowest BCUT2D eigenvalue weighted by molar-refractivity contribution is -0.155. The van der Waals surface area contributed by atoms with Crippen LogP contribution in [0.5, 0.6) is 0 Å².